The number of hydrogen-bond acceptors (Lipinski definition) is 3. The van der Waals surface area contributed by atoms with Crippen LogP contribution in [0.15, 0.2) is 24.3 Å². The molecule has 88 valence electrons. The quantitative estimate of drug-likeness (QED) is 0.665. The lowest BCUT2D eigenvalue weighted by Gasteiger charge is -2.12. The van der Waals surface area contributed by atoms with E-state index in [-0.39, 0.29) is 12.4 Å². The Bertz CT molecular complexity index is 352. The first-order chi connectivity index (χ1) is 7.65. The molecule has 1 aromatic carbocycles. The Labute approximate surface area is 109 Å². The fourth-order valence-electron chi connectivity index (χ4n) is 1.29. The van der Waals surface area contributed by atoms with Gasteiger partial charge in [0.1, 0.15) is 0 Å². The summed E-state index contributed by atoms with van der Waals surface area (Å²) in [6.45, 7) is 2.35. The number of esters is 1. The van der Waals surface area contributed by atoms with Crippen molar-refractivity contribution < 1.29 is 14.6 Å². The summed E-state index contributed by atoms with van der Waals surface area (Å²) in [5, 5.41) is 9.87. The highest BCUT2D eigenvalue weighted by molar-refractivity contribution is 14.1. The number of carbonyl (C=O) groups is 1. The molecule has 0 spiro atoms. The summed E-state index contributed by atoms with van der Waals surface area (Å²) in [5.74, 6) is -0.353. The summed E-state index contributed by atoms with van der Waals surface area (Å²) >= 11 is 2.14. The van der Waals surface area contributed by atoms with Crippen molar-refractivity contribution in [1.82, 2.24) is 0 Å². The average molecular weight is 334 g/mol. The first kappa shape index (κ1) is 13.4. The molecule has 0 aromatic heterocycles. The highest BCUT2D eigenvalue weighted by Gasteiger charge is 2.15. The van der Waals surface area contributed by atoms with Gasteiger partial charge in [0.15, 0.2) is 0 Å². The van der Waals surface area contributed by atoms with Gasteiger partial charge in [-0.1, -0.05) is 25.1 Å². The normalized spacial score (nSPS) is 12.2. The van der Waals surface area contributed by atoms with Crippen LogP contribution in [0.4, 0.5) is 0 Å². The molecule has 0 amide bonds. The molecule has 0 radical (unpaired) electrons. The lowest BCUT2D eigenvalue weighted by atomic mass is 10.1. The minimum atomic E-state index is -0.780. The Morgan fingerprint density at radius 1 is 1.50 bits per heavy atom. The predicted octanol–water partition coefficient (Wildman–Crippen LogP) is 2.67. The van der Waals surface area contributed by atoms with E-state index in [1.165, 1.54) is 0 Å². The zero-order valence-corrected chi connectivity index (χ0v) is 11.3. The molecule has 0 unspecified atom stereocenters. The number of rotatable bonds is 5. The van der Waals surface area contributed by atoms with Crippen molar-refractivity contribution in [3.63, 3.8) is 0 Å². The van der Waals surface area contributed by atoms with Gasteiger partial charge in [-0.3, -0.25) is 4.79 Å². The molecule has 0 fully saturated rings. The summed E-state index contributed by atoms with van der Waals surface area (Å²) in [5.41, 5.74) is 0.775. The van der Waals surface area contributed by atoms with Gasteiger partial charge >= 0.3 is 5.97 Å². The summed E-state index contributed by atoms with van der Waals surface area (Å²) in [6.07, 6.45) is 0.0301. The van der Waals surface area contributed by atoms with Gasteiger partial charge in [0, 0.05) is 3.57 Å². The van der Waals surface area contributed by atoms with Gasteiger partial charge in [-0.05, 0) is 40.6 Å². The van der Waals surface area contributed by atoms with Crippen molar-refractivity contribution in [2.75, 3.05) is 6.61 Å². The molecule has 0 bridgehead atoms. The molecule has 16 heavy (non-hydrogen) atoms. The van der Waals surface area contributed by atoms with Crippen LogP contribution < -0.4 is 0 Å². The van der Waals surface area contributed by atoms with Crippen LogP contribution in [0.1, 0.15) is 31.4 Å². The third-order valence-electron chi connectivity index (χ3n) is 2.09. The van der Waals surface area contributed by atoms with Crippen LogP contribution in [0.2, 0.25) is 0 Å². The SMILES string of the molecule is CCCOC(=O)C[C@H](O)c1ccccc1I. The topological polar surface area (TPSA) is 46.5 Å². The molecule has 0 aliphatic carbocycles. The average Bonchev–Trinajstić information content (AvgIpc) is 2.26. The molecule has 1 atom stereocenters. The monoisotopic (exact) mass is 334 g/mol. The maximum atomic E-state index is 11.3. The van der Waals surface area contributed by atoms with E-state index >= 15 is 0 Å². The molecule has 0 aliphatic rings. The Kier molecular flexibility index (Phi) is 5.76. The third-order valence-corrected chi connectivity index (χ3v) is 3.07. The van der Waals surface area contributed by atoms with E-state index in [4.69, 9.17) is 4.74 Å². The molecular weight excluding hydrogens is 319 g/mol. The second-order valence-electron chi connectivity index (χ2n) is 3.46. The molecule has 4 heteroatoms. The van der Waals surface area contributed by atoms with Crippen molar-refractivity contribution in [2.45, 2.75) is 25.9 Å². The predicted molar refractivity (Wildman–Crippen MR) is 70.0 cm³/mol. The van der Waals surface area contributed by atoms with Crippen LogP contribution in [0.3, 0.4) is 0 Å². The number of halogens is 1. The molecule has 0 saturated heterocycles. The molecule has 3 nitrogen and oxygen atoms in total. The fourth-order valence-corrected chi connectivity index (χ4v) is 2.03. The van der Waals surface area contributed by atoms with Gasteiger partial charge in [0.05, 0.1) is 19.1 Å². The summed E-state index contributed by atoms with van der Waals surface area (Å²) in [4.78, 5) is 11.3. The maximum absolute atomic E-state index is 11.3. The number of hydrogen-bond donors (Lipinski definition) is 1. The van der Waals surface area contributed by atoms with Crippen molar-refractivity contribution >= 4 is 28.6 Å². The van der Waals surface area contributed by atoms with E-state index in [1.54, 1.807) is 0 Å². The van der Waals surface area contributed by atoms with E-state index < -0.39 is 6.10 Å². The number of carbonyl (C=O) groups excluding carboxylic acids is 1. The van der Waals surface area contributed by atoms with E-state index in [0.29, 0.717) is 6.61 Å². The van der Waals surface area contributed by atoms with Crippen molar-refractivity contribution in [3.05, 3.63) is 33.4 Å². The minimum absolute atomic E-state index is 0.0139. The Balaban J connectivity index is 2.55. The zero-order chi connectivity index (χ0) is 12.0. The lowest BCUT2D eigenvalue weighted by molar-refractivity contribution is -0.146. The van der Waals surface area contributed by atoms with Gasteiger partial charge in [-0.2, -0.15) is 0 Å². The van der Waals surface area contributed by atoms with Gasteiger partial charge in [0.25, 0.3) is 0 Å². The number of ether oxygens (including phenoxy) is 1. The summed E-state index contributed by atoms with van der Waals surface area (Å²) < 4.78 is 5.88. The van der Waals surface area contributed by atoms with Crippen LogP contribution in [0.25, 0.3) is 0 Å². The summed E-state index contributed by atoms with van der Waals surface area (Å²) in [6, 6.07) is 7.46. The highest BCUT2D eigenvalue weighted by atomic mass is 127. The van der Waals surface area contributed by atoms with E-state index in [2.05, 4.69) is 22.6 Å². The Hall–Kier alpha value is -0.620. The van der Waals surface area contributed by atoms with Gasteiger partial charge in [-0.25, -0.2) is 0 Å². The first-order valence-corrected chi connectivity index (χ1v) is 6.31. The van der Waals surface area contributed by atoms with Crippen molar-refractivity contribution in [3.8, 4) is 0 Å². The number of aliphatic hydroxyl groups excluding tert-OH is 1. The second kappa shape index (κ2) is 6.85. The minimum Gasteiger partial charge on any atom is -0.466 e. The fraction of sp³-hybridized carbons (Fsp3) is 0.417. The molecule has 1 aromatic rings. The highest BCUT2D eigenvalue weighted by Crippen LogP contribution is 2.22. The van der Waals surface area contributed by atoms with Crippen LogP contribution in [0.5, 0.6) is 0 Å². The first-order valence-electron chi connectivity index (χ1n) is 5.23. The maximum Gasteiger partial charge on any atom is 0.308 e. The van der Waals surface area contributed by atoms with Crippen molar-refractivity contribution in [2.24, 2.45) is 0 Å². The van der Waals surface area contributed by atoms with E-state index in [9.17, 15) is 9.90 Å². The van der Waals surface area contributed by atoms with E-state index in [1.807, 2.05) is 31.2 Å². The second-order valence-corrected chi connectivity index (χ2v) is 4.62. The van der Waals surface area contributed by atoms with E-state index in [0.717, 1.165) is 15.6 Å². The summed E-state index contributed by atoms with van der Waals surface area (Å²) in [7, 11) is 0. The standard InChI is InChI=1S/C12H15IO3/c1-2-7-16-12(15)8-11(14)9-5-3-4-6-10(9)13/h3-6,11,14H,2,7-8H2,1H3/t11-/m0/s1. The Morgan fingerprint density at radius 2 is 2.19 bits per heavy atom. The van der Waals surface area contributed by atoms with Gasteiger partial charge in [-0.15, -0.1) is 0 Å². The van der Waals surface area contributed by atoms with Crippen LogP contribution in [-0.4, -0.2) is 17.7 Å². The smallest absolute Gasteiger partial charge is 0.308 e. The lowest BCUT2D eigenvalue weighted by Crippen LogP contribution is -2.11. The molecule has 0 aliphatic heterocycles. The van der Waals surface area contributed by atoms with Crippen LogP contribution in [0, 0.1) is 3.57 Å². The number of aliphatic hydroxyl groups is 1. The van der Waals surface area contributed by atoms with Gasteiger partial charge in [0.2, 0.25) is 0 Å². The largest absolute Gasteiger partial charge is 0.466 e. The molecule has 1 rings (SSSR count). The van der Waals surface area contributed by atoms with Gasteiger partial charge < -0.3 is 9.84 Å². The molecule has 0 heterocycles. The van der Waals surface area contributed by atoms with Crippen LogP contribution in [-0.2, 0) is 9.53 Å². The number of benzene rings is 1. The van der Waals surface area contributed by atoms with Crippen LogP contribution >= 0.6 is 22.6 Å². The molecular formula is C12H15IO3. The Morgan fingerprint density at radius 3 is 2.81 bits per heavy atom. The third kappa shape index (κ3) is 4.09. The zero-order valence-electron chi connectivity index (χ0n) is 9.15. The molecule has 1 N–H and O–H groups in total. The molecule has 0 saturated carbocycles. The van der Waals surface area contributed by atoms with Crippen molar-refractivity contribution in [1.29, 1.82) is 0 Å².